The van der Waals surface area contributed by atoms with E-state index in [0.29, 0.717) is 6.42 Å². The molecule has 0 nitrogen and oxygen atoms in total. The smallest absolute Gasteiger partial charge is 0.0963 e. The topological polar surface area (TPSA) is 0 Å². The van der Waals surface area contributed by atoms with Crippen LogP contribution >= 0.6 is 0 Å². The molecule has 0 bridgehead atoms. The molecule has 1 aliphatic carbocycles. The summed E-state index contributed by atoms with van der Waals surface area (Å²) in [6, 6.07) is 0. The lowest BCUT2D eigenvalue weighted by molar-refractivity contribution is 0.582. The fourth-order valence-electron chi connectivity index (χ4n) is 0.895. The molecule has 0 N–H and O–H groups in total. The second-order valence-electron chi connectivity index (χ2n) is 2.24. The van der Waals surface area contributed by atoms with Gasteiger partial charge in [-0.15, -0.1) is 0 Å². The number of hydrogen-bond donors (Lipinski definition) is 0. The summed E-state index contributed by atoms with van der Waals surface area (Å²) < 4.78 is 12.5. The van der Waals surface area contributed by atoms with Crippen LogP contribution in [-0.4, -0.2) is 0 Å². The second kappa shape index (κ2) is 3.44. The third-order valence-electron chi connectivity index (χ3n) is 1.42. The van der Waals surface area contributed by atoms with E-state index in [9.17, 15) is 4.39 Å². The Bertz CT molecular complexity index is 134. The molecule has 0 fully saturated rings. The first-order chi connectivity index (χ1) is 4.39. The van der Waals surface area contributed by atoms with Crippen molar-refractivity contribution in [1.29, 1.82) is 0 Å². The molecule has 0 aromatic rings. The third kappa shape index (κ3) is 2.45. The molecule has 0 heterocycles. The highest BCUT2D eigenvalue weighted by Gasteiger charge is 1.93. The molecule has 0 amide bonds. The lowest BCUT2D eigenvalue weighted by Gasteiger charge is -1.97. The minimum atomic E-state index is 0.0550. The summed E-state index contributed by atoms with van der Waals surface area (Å²) in [6.45, 7) is 0. The number of rotatable bonds is 0. The molecular weight excluding hydrogens is 115 g/mol. The lowest BCUT2D eigenvalue weighted by Crippen LogP contribution is -1.78. The van der Waals surface area contributed by atoms with E-state index in [2.05, 4.69) is 6.08 Å². The van der Waals surface area contributed by atoms with Crippen molar-refractivity contribution in [1.82, 2.24) is 0 Å². The molecular formula is C8H11F. The monoisotopic (exact) mass is 126 g/mol. The van der Waals surface area contributed by atoms with Crippen molar-refractivity contribution in [3.05, 3.63) is 24.1 Å². The van der Waals surface area contributed by atoms with Crippen LogP contribution in [-0.2, 0) is 0 Å². The molecule has 0 spiro atoms. The molecule has 0 atom stereocenters. The van der Waals surface area contributed by atoms with Crippen molar-refractivity contribution in [2.24, 2.45) is 0 Å². The molecule has 0 radical (unpaired) electrons. The minimum Gasteiger partial charge on any atom is -0.212 e. The van der Waals surface area contributed by atoms with Gasteiger partial charge in [-0.2, -0.15) is 0 Å². The molecule has 0 aliphatic heterocycles. The van der Waals surface area contributed by atoms with Crippen molar-refractivity contribution in [2.45, 2.75) is 25.7 Å². The van der Waals surface area contributed by atoms with Crippen LogP contribution in [0.15, 0.2) is 24.1 Å². The number of halogens is 1. The van der Waals surface area contributed by atoms with Crippen LogP contribution in [0.3, 0.4) is 0 Å². The Labute approximate surface area is 55.1 Å². The summed E-state index contributed by atoms with van der Waals surface area (Å²) in [5.41, 5.74) is 0. The largest absolute Gasteiger partial charge is 0.212 e. The number of allylic oxidation sites excluding steroid dienone is 4. The summed E-state index contributed by atoms with van der Waals surface area (Å²) in [4.78, 5) is 0. The van der Waals surface area contributed by atoms with Gasteiger partial charge in [-0.3, -0.25) is 0 Å². The van der Waals surface area contributed by atoms with Crippen LogP contribution in [0.1, 0.15) is 25.7 Å². The molecule has 0 aromatic carbocycles. The maximum atomic E-state index is 12.5. The van der Waals surface area contributed by atoms with Gasteiger partial charge >= 0.3 is 0 Å². The minimum absolute atomic E-state index is 0.0550. The highest BCUT2D eigenvalue weighted by atomic mass is 19.1. The standard InChI is InChI=1S/C8H11F/c9-8-6-4-2-1-3-5-7-8/h1-2,7H,3-6H2. The molecule has 0 saturated heterocycles. The van der Waals surface area contributed by atoms with Crippen molar-refractivity contribution in [3.8, 4) is 0 Å². The predicted octanol–water partition coefficient (Wildman–Crippen LogP) is 2.97. The van der Waals surface area contributed by atoms with Gasteiger partial charge in [0.05, 0.1) is 5.83 Å². The maximum Gasteiger partial charge on any atom is 0.0963 e. The molecule has 9 heavy (non-hydrogen) atoms. The van der Waals surface area contributed by atoms with Crippen LogP contribution in [0.4, 0.5) is 4.39 Å². The van der Waals surface area contributed by atoms with Gasteiger partial charge in [-0.05, 0) is 19.3 Å². The molecule has 0 unspecified atom stereocenters. The van der Waals surface area contributed by atoms with Crippen molar-refractivity contribution in [3.63, 3.8) is 0 Å². The van der Waals surface area contributed by atoms with E-state index in [-0.39, 0.29) is 5.83 Å². The Morgan fingerprint density at radius 1 is 1.11 bits per heavy atom. The summed E-state index contributed by atoms with van der Waals surface area (Å²) >= 11 is 0. The first-order valence-electron chi connectivity index (χ1n) is 3.39. The highest BCUT2D eigenvalue weighted by Crippen LogP contribution is 2.12. The Morgan fingerprint density at radius 3 is 2.78 bits per heavy atom. The average molecular weight is 126 g/mol. The Kier molecular flexibility index (Phi) is 2.49. The quantitative estimate of drug-likeness (QED) is 0.438. The SMILES string of the molecule is FC1=CCCC=CCC1. The van der Waals surface area contributed by atoms with E-state index in [0.717, 1.165) is 19.3 Å². The molecule has 1 aliphatic rings. The lowest BCUT2D eigenvalue weighted by atomic mass is 10.1. The van der Waals surface area contributed by atoms with Crippen LogP contribution in [0.25, 0.3) is 0 Å². The summed E-state index contributed by atoms with van der Waals surface area (Å²) in [6.07, 6.45) is 9.16. The number of hydrogen-bond acceptors (Lipinski definition) is 0. The molecule has 0 aromatic heterocycles. The zero-order valence-electron chi connectivity index (χ0n) is 5.44. The Hall–Kier alpha value is -0.590. The van der Waals surface area contributed by atoms with Crippen LogP contribution in [0.5, 0.6) is 0 Å². The van der Waals surface area contributed by atoms with Gasteiger partial charge in [0.15, 0.2) is 0 Å². The van der Waals surface area contributed by atoms with Gasteiger partial charge in [0, 0.05) is 6.42 Å². The first kappa shape index (κ1) is 6.53. The molecule has 0 saturated carbocycles. The van der Waals surface area contributed by atoms with Gasteiger partial charge in [0.25, 0.3) is 0 Å². The molecule has 1 heteroatoms. The van der Waals surface area contributed by atoms with Gasteiger partial charge in [-0.25, -0.2) is 4.39 Å². The fraction of sp³-hybridized carbons (Fsp3) is 0.500. The van der Waals surface area contributed by atoms with E-state index in [1.165, 1.54) is 0 Å². The predicted molar refractivity (Wildman–Crippen MR) is 36.8 cm³/mol. The summed E-state index contributed by atoms with van der Waals surface area (Å²) in [5.74, 6) is 0.0550. The summed E-state index contributed by atoms with van der Waals surface area (Å²) in [5, 5.41) is 0. The first-order valence-corrected chi connectivity index (χ1v) is 3.39. The van der Waals surface area contributed by atoms with E-state index >= 15 is 0 Å². The fourth-order valence-corrected chi connectivity index (χ4v) is 0.895. The molecule has 50 valence electrons. The second-order valence-corrected chi connectivity index (χ2v) is 2.24. The van der Waals surface area contributed by atoms with Crippen molar-refractivity contribution in [2.75, 3.05) is 0 Å². The maximum absolute atomic E-state index is 12.5. The van der Waals surface area contributed by atoms with Crippen LogP contribution < -0.4 is 0 Å². The van der Waals surface area contributed by atoms with Gasteiger partial charge in [-0.1, -0.05) is 18.2 Å². The van der Waals surface area contributed by atoms with E-state index in [4.69, 9.17) is 0 Å². The van der Waals surface area contributed by atoms with Gasteiger partial charge in [0.1, 0.15) is 0 Å². The van der Waals surface area contributed by atoms with Crippen molar-refractivity contribution >= 4 is 0 Å². The van der Waals surface area contributed by atoms with Gasteiger partial charge < -0.3 is 0 Å². The normalized spacial score (nSPS) is 20.3. The Morgan fingerprint density at radius 2 is 1.89 bits per heavy atom. The highest BCUT2D eigenvalue weighted by molar-refractivity contribution is 4.98. The van der Waals surface area contributed by atoms with Crippen molar-refractivity contribution < 1.29 is 4.39 Å². The Balaban J connectivity index is 2.41. The van der Waals surface area contributed by atoms with E-state index in [1.54, 1.807) is 6.08 Å². The van der Waals surface area contributed by atoms with Crippen LogP contribution in [0.2, 0.25) is 0 Å². The van der Waals surface area contributed by atoms with Gasteiger partial charge in [0.2, 0.25) is 0 Å². The zero-order chi connectivity index (χ0) is 6.53. The molecule has 1 rings (SSSR count). The summed E-state index contributed by atoms with van der Waals surface area (Å²) in [7, 11) is 0. The average Bonchev–Trinajstić information content (AvgIpc) is 1.79. The van der Waals surface area contributed by atoms with E-state index < -0.39 is 0 Å². The third-order valence-corrected chi connectivity index (χ3v) is 1.42. The van der Waals surface area contributed by atoms with E-state index in [1.807, 2.05) is 6.08 Å². The zero-order valence-corrected chi connectivity index (χ0v) is 5.44. The van der Waals surface area contributed by atoms with Crippen LogP contribution in [0, 0.1) is 0 Å².